The molecule has 362 valence electrons. The number of carbonyl (C=O) groups is 5. The lowest BCUT2D eigenvalue weighted by Crippen LogP contribution is -2.55. The zero-order chi connectivity index (χ0) is 48.7. The van der Waals surface area contributed by atoms with Gasteiger partial charge in [0.25, 0.3) is 5.91 Å². The summed E-state index contributed by atoms with van der Waals surface area (Å²) in [5.41, 5.74) is 7.88. The molecule has 0 bridgehead atoms. The number of likely N-dealkylation sites (tertiary alicyclic amines) is 1. The number of nitrogens with two attached hydrogens (primary N) is 1. The van der Waals surface area contributed by atoms with Gasteiger partial charge in [0.1, 0.15) is 0 Å². The van der Waals surface area contributed by atoms with Gasteiger partial charge in [0.05, 0.1) is 61.5 Å². The first kappa shape index (κ1) is 57.4. The van der Waals surface area contributed by atoms with E-state index in [-0.39, 0.29) is 42.5 Å². The maximum absolute atomic E-state index is 14.0. The minimum atomic E-state index is -4.03. The first-order valence-corrected chi connectivity index (χ1v) is 24.0. The van der Waals surface area contributed by atoms with Gasteiger partial charge in [-0.3, -0.25) is 33.6 Å². The van der Waals surface area contributed by atoms with Gasteiger partial charge in [-0.25, -0.2) is 8.42 Å². The van der Waals surface area contributed by atoms with Gasteiger partial charge in [0, 0.05) is 33.5 Å². The summed E-state index contributed by atoms with van der Waals surface area (Å²) in [6, 6.07) is 15.1. The molecule has 1 saturated heterocycles. The normalized spacial score (nSPS) is 16.4. The number of hydrogen-bond acceptors (Lipinski definition) is 11. The molecule has 0 saturated carbocycles. The second-order valence-electron chi connectivity index (χ2n) is 17.1. The van der Waals surface area contributed by atoms with E-state index in [1.165, 1.54) is 26.2 Å². The van der Waals surface area contributed by atoms with E-state index in [0.29, 0.717) is 37.1 Å². The van der Waals surface area contributed by atoms with Crippen LogP contribution < -0.4 is 21.1 Å². The number of benzene rings is 2. The van der Waals surface area contributed by atoms with Gasteiger partial charge in [-0.15, -0.1) is 0 Å². The largest absolute Gasteiger partial charge is 0.399 e. The Morgan fingerprint density at radius 2 is 1.44 bits per heavy atom. The molecule has 2 aromatic rings. The van der Waals surface area contributed by atoms with Crippen LogP contribution in [0.15, 0.2) is 54.6 Å². The van der Waals surface area contributed by atoms with Crippen LogP contribution in [0.25, 0.3) is 0 Å². The number of aryl methyl sites for hydroxylation is 1. The predicted molar refractivity (Wildman–Crippen MR) is 253 cm³/mol. The monoisotopic (exact) mass is 918 g/mol. The highest BCUT2D eigenvalue weighted by molar-refractivity contribution is 7.89. The van der Waals surface area contributed by atoms with Crippen molar-refractivity contribution in [2.75, 3.05) is 60.7 Å². The maximum atomic E-state index is 14.0. The van der Waals surface area contributed by atoms with Crippen molar-refractivity contribution < 1.29 is 41.9 Å². The van der Waals surface area contributed by atoms with Crippen molar-refractivity contribution in [3.05, 3.63) is 65.7 Å². The summed E-state index contributed by atoms with van der Waals surface area (Å²) in [5.74, 6) is -3.48. The third-order valence-electron chi connectivity index (χ3n) is 11.1. The van der Waals surface area contributed by atoms with Crippen LogP contribution in [0, 0.1) is 24.7 Å². The SMILES string of the molecule is CCC.CCC(C)C(C(CC(=O)N1CCCC1C(OC)C(C)C(=O)NCC(=O)NS(=O)(=O)Cc1ccc(N)cc1)OC)N(C)C(=O)CNC(=O)C(C(C)C)N(C)C.Cc1ccccc1. The number of sulfonamides is 1. The van der Waals surface area contributed by atoms with Crippen LogP contribution in [0.5, 0.6) is 0 Å². The molecule has 1 heterocycles. The van der Waals surface area contributed by atoms with E-state index in [9.17, 15) is 32.4 Å². The number of nitrogens with one attached hydrogen (secondary N) is 3. The average molecular weight is 918 g/mol. The van der Waals surface area contributed by atoms with E-state index >= 15 is 0 Å². The van der Waals surface area contributed by atoms with Crippen molar-refractivity contribution in [2.45, 2.75) is 124 Å². The Balaban J connectivity index is 0.00000181. The summed E-state index contributed by atoms with van der Waals surface area (Å²) in [4.78, 5) is 71.1. The van der Waals surface area contributed by atoms with E-state index in [0.717, 1.165) is 0 Å². The summed E-state index contributed by atoms with van der Waals surface area (Å²) >= 11 is 0. The molecule has 2 aromatic carbocycles. The zero-order valence-corrected chi connectivity index (χ0v) is 41.5. The molecule has 17 heteroatoms. The fourth-order valence-electron chi connectivity index (χ4n) is 7.79. The maximum Gasteiger partial charge on any atom is 0.252 e. The second-order valence-corrected chi connectivity index (χ2v) is 18.8. The number of carbonyl (C=O) groups excluding carboxylic acids is 5. The van der Waals surface area contributed by atoms with Crippen molar-refractivity contribution >= 4 is 45.2 Å². The number of nitrogen functional groups attached to an aromatic ring is 1. The quantitative estimate of drug-likeness (QED) is 0.129. The molecule has 5 N–H and O–H groups in total. The number of rotatable bonds is 21. The zero-order valence-electron chi connectivity index (χ0n) is 40.7. The van der Waals surface area contributed by atoms with Crippen LogP contribution in [0.2, 0.25) is 0 Å². The van der Waals surface area contributed by atoms with E-state index in [1.807, 2.05) is 69.6 Å². The lowest BCUT2D eigenvalue weighted by Gasteiger charge is -2.39. The number of methoxy groups -OCH3 is 2. The molecule has 16 nitrogen and oxygen atoms in total. The predicted octanol–water partition coefficient (Wildman–Crippen LogP) is 4.37. The van der Waals surface area contributed by atoms with Crippen LogP contribution >= 0.6 is 0 Å². The molecule has 64 heavy (non-hydrogen) atoms. The number of hydrogen-bond donors (Lipinski definition) is 4. The van der Waals surface area contributed by atoms with E-state index < -0.39 is 70.4 Å². The van der Waals surface area contributed by atoms with Gasteiger partial charge in [-0.2, -0.15) is 0 Å². The number of ether oxygens (including phenoxy) is 2. The summed E-state index contributed by atoms with van der Waals surface area (Å²) < 4.78 is 38.6. The van der Waals surface area contributed by atoms with Gasteiger partial charge < -0.3 is 35.6 Å². The standard InChI is InChI=1S/C37H63N7O9S.C7H8.C3H8/c1-11-24(4)34(43(8)32(47)21-40-37(49)33(23(2)3)42(6)7)29(52-9)19-31(46)44-18-12-13-28(44)35(53-10)25(5)36(48)39-20-30(45)41-54(50,51)22-26-14-16-27(38)17-15-26;1-7-5-3-2-4-6-7;1-3-2/h14-17,23-25,28-29,33-35H,11-13,18-22,38H2,1-10H3,(H,39,48)(H,40,49)(H,41,45);2-6H,1H3;3H2,1-2H3. The lowest BCUT2D eigenvalue weighted by atomic mass is 9.90. The van der Waals surface area contributed by atoms with Crippen molar-refractivity contribution in [3.63, 3.8) is 0 Å². The molecule has 7 unspecified atom stereocenters. The van der Waals surface area contributed by atoms with Gasteiger partial charge in [0.15, 0.2) is 0 Å². The Bertz CT molecular complexity index is 1820. The molecule has 3 rings (SSSR count). The molecule has 1 fully saturated rings. The van der Waals surface area contributed by atoms with Crippen LogP contribution in [-0.2, 0) is 49.2 Å². The highest BCUT2D eigenvalue weighted by Gasteiger charge is 2.42. The highest BCUT2D eigenvalue weighted by Crippen LogP contribution is 2.29. The molecule has 1 aliphatic heterocycles. The molecule has 0 radical (unpaired) electrons. The third-order valence-corrected chi connectivity index (χ3v) is 12.4. The molecular formula is C47H79N7O9S. The van der Waals surface area contributed by atoms with Gasteiger partial charge in [0.2, 0.25) is 33.7 Å². The molecule has 0 aromatic heterocycles. The number of nitrogens with zero attached hydrogens (tertiary/aromatic N) is 3. The van der Waals surface area contributed by atoms with E-state index in [2.05, 4.69) is 43.5 Å². The summed E-state index contributed by atoms with van der Waals surface area (Å²) in [5, 5.41) is 5.26. The minimum absolute atomic E-state index is 0.0376. The molecule has 7 atom stereocenters. The summed E-state index contributed by atoms with van der Waals surface area (Å²) in [6.07, 6.45) is 1.76. The Kier molecular flexibility index (Phi) is 26.1. The molecule has 5 amide bonds. The van der Waals surface area contributed by atoms with Crippen molar-refractivity contribution in [1.82, 2.24) is 30.1 Å². The van der Waals surface area contributed by atoms with Crippen LogP contribution in [0.4, 0.5) is 5.69 Å². The lowest BCUT2D eigenvalue weighted by molar-refractivity contribution is -0.146. The molecule has 0 aliphatic carbocycles. The molecule has 0 spiro atoms. The fraction of sp³-hybridized carbons (Fsp3) is 0.638. The van der Waals surface area contributed by atoms with Crippen LogP contribution in [0.3, 0.4) is 0 Å². The summed E-state index contributed by atoms with van der Waals surface area (Å²) in [7, 11) is 4.21. The Morgan fingerprint density at radius 3 is 1.92 bits per heavy atom. The first-order chi connectivity index (χ1) is 30.1. The van der Waals surface area contributed by atoms with E-state index in [1.54, 1.807) is 48.0 Å². The van der Waals surface area contributed by atoms with Crippen molar-refractivity contribution in [1.29, 1.82) is 0 Å². The van der Waals surface area contributed by atoms with Crippen LogP contribution in [-0.4, -0.2) is 138 Å². The first-order valence-electron chi connectivity index (χ1n) is 22.3. The molecule has 1 aliphatic rings. The van der Waals surface area contributed by atoms with Crippen LogP contribution in [0.1, 0.15) is 91.7 Å². The van der Waals surface area contributed by atoms with E-state index in [4.69, 9.17) is 15.2 Å². The smallest absolute Gasteiger partial charge is 0.252 e. The minimum Gasteiger partial charge on any atom is -0.399 e. The summed E-state index contributed by atoms with van der Waals surface area (Å²) in [6.45, 7) is 15.5. The number of likely N-dealkylation sites (N-methyl/N-ethyl adjacent to an activating group) is 2. The van der Waals surface area contributed by atoms with Gasteiger partial charge >= 0.3 is 0 Å². The highest BCUT2D eigenvalue weighted by atomic mass is 32.2. The van der Waals surface area contributed by atoms with Crippen molar-refractivity contribution in [3.8, 4) is 0 Å². The second kappa shape index (κ2) is 29.1. The topological polar surface area (TPSA) is 210 Å². The fourth-order valence-corrected chi connectivity index (χ4v) is 8.92. The Labute approximate surface area is 383 Å². The Hall–Kier alpha value is -4.58. The number of amides is 5. The average Bonchev–Trinajstić information content (AvgIpc) is 3.72. The van der Waals surface area contributed by atoms with Gasteiger partial charge in [-0.1, -0.05) is 109 Å². The third kappa shape index (κ3) is 19.3. The van der Waals surface area contributed by atoms with Crippen molar-refractivity contribution in [2.24, 2.45) is 17.8 Å². The van der Waals surface area contributed by atoms with Gasteiger partial charge in [-0.05, 0) is 63.4 Å². The number of anilines is 1. The molecular weight excluding hydrogens is 839 g/mol. The Morgan fingerprint density at radius 1 is 0.859 bits per heavy atom.